The van der Waals surface area contributed by atoms with E-state index in [0.29, 0.717) is 18.5 Å². The summed E-state index contributed by atoms with van der Waals surface area (Å²) in [5.74, 6) is -0.779. The molecule has 0 spiro atoms. The Labute approximate surface area is 145 Å². The summed E-state index contributed by atoms with van der Waals surface area (Å²) in [7, 11) is 1.62. The molecule has 2 aromatic carbocycles. The van der Waals surface area contributed by atoms with Crippen molar-refractivity contribution in [1.82, 2.24) is 0 Å². The van der Waals surface area contributed by atoms with E-state index >= 15 is 0 Å². The maximum absolute atomic E-state index is 12.2. The molecule has 3 N–H and O–H groups in total. The quantitative estimate of drug-likeness (QED) is 0.749. The molecule has 6 heteroatoms. The predicted octanol–water partition coefficient (Wildman–Crippen LogP) is 3.49. The number of nitrogens with one attached hydrogen (secondary N) is 2. The topological polar surface area (TPSA) is 87.7 Å². The molecule has 0 aromatic heterocycles. The lowest BCUT2D eigenvalue weighted by Crippen LogP contribution is -2.38. The van der Waals surface area contributed by atoms with Crippen molar-refractivity contribution >= 4 is 28.9 Å². The van der Waals surface area contributed by atoms with Crippen molar-refractivity contribution in [2.45, 2.75) is 12.8 Å². The van der Waals surface area contributed by atoms with Gasteiger partial charge in [-0.3, -0.25) is 9.59 Å². The first-order valence-electron chi connectivity index (χ1n) is 8.10. The van der Waals surface area contributed by atoms with Crippen molar-refractivity contribution in [2.75, 3.05) is 17.7 Å². The fourth-order valence-electron chi connectivity index (χ4n) is 2.79. The number of benzene rings is 2. The molecule has 0 radical (unpaired) electrons. The Morgan fingerprint density at radius 3 is 2.32 bits per heavy atom. The van der Waals surface area contributed by atoms with E-state index in [1.165, 1.54) is 0 Å². The summed E-state index contributed by atoms with van der Waals surface area (Å²) < 4.78 is 5.13. The van der Waals surface area contributed by atoms with E-state index in [9.17, 15) is 9.59 Å². The summed E-state index contributed by atoms with van der Waals surface area (Å²) in [4.78, 5) is 23.0. The molecular formula is C19H20N2O4. The van der Waals surface area contributed by atoms with Crippen molar-refractivity contribution in [3.8, 4) is 5.75 Å². The number of aliphatic carboxylic acids is 1. The lowest BCUT2D eigenvalue weighted by molar-refractivity contribution is -0.147. The van der Waals surface area contributed by atoms with Crippen LogP contribution in [-0.4, -0.2) is 24.1 Å². The molecule has 0 heterocycles. The second-order valence-electron chi connectivity index (χ2n) is 6.13. The van der Waals surface area contributed by atoms with Crippen molar-refractivity contribution in [2.24, 2.45) is 11.8 Å². The Hall–Kier alpha value is -3.02. The normalized spacial score (nSPS) is 18.8. The maximum Gasteiger partial charge on any atom is 0.306 e. The first kappa shape index (κ1) is 16.8. The number of hydrogen-bond acceptors (Lipinski definition) is 4. The molecule has 25 heavy (non-hydrogen) atoms. The standard InChI is InChI=1S/C19H20N2O4/c1-25-17-7-5-14(6-8-17)20-15-3-2-4-16(11-15)21-18(22)12-9-13(10-12)19(23)24/h2-8,11-13,20H,9-10H2,1H3,(H,21,22)(H,23,24). The fourth-order valence-corrected chi connectivity index (χ4v) is 2.79. The zero-order chi connectivity index (χ0) is 17.8. The molecule has 0 bridgehead atoms. The van der Waals surface area contributed by atoms with Crippen LogP contribution in [0.2, 0.25) is 0 Å². The Balaban J connectivity index is 1.59. The van der Waals surface area contributed by atoms with Gasteiger partial charge in [0.25, 0.3) is 0 Å². The van der Waals surface area contributed by atoms with Gasteiger partial charge in [0.1, 0.15) is 5.75 Å². The van der Waals surface area contributed by atoms with Crippen LogP contribution in [0.4, 0.5) is 17.1 Å². The lowest BCUT2D eigenvalue weighted by atomic mass is 9.74. The summed E-state index contributed by atoms with van der Waals surface area (Å²) in [6.07, 6.45) is 0.815. The molecule has 1 aliphatic rings. The number of ether oxygens (including phenoxy) is 1. The maximum atomic E-state index is 12.2. The number of carbonyl (C=O) groups excluding carboxylic acids is 1. The van der Waals surface area contributed by atoms with Gasteiger partial charge in [-0.05, 0) is 55.3 Å². The summed E-state index contributed by atoms with van der Waals surface area (Å²) in [5.41, 5.74) is 2.44. The molecule has 3 rings (SSSR count). The van der Waals surface area contributed by atoms with E-state index < -0.39 is 5.97 Å². The number of anilines is 3. The summed E-state index contributed by atoms with van der Waals surface area (Å²) >= 11 is 0. The van der Waals surface area contributed by atoms with Crippen LogP contribution in [0, 0.1) is 11.8 Å². The van der Waals surface area contributed by atoms with Gasteiger partial charge in [-0.25, -0.2) is 0 Å². The molecule has 130 valence electrons. The van der Waals surface area contributed by atoms with Crippen LogP contribution < -0.4 is 15.4 Å². The summed E-state index contributed by atoms with van der Waals surface area (Å²) in [5, 5.41) is 15.0. The monoisotopic (exact) mass is 340 g/mol. The molecule has 1 amide bonds. The third-order valence-electron chi connectivity index (χ3n) is 4.37. The van der Waals surface area contributed by atoms with Crippen LogP contribution in [0.1, 0.15) is 12.8 Å². The molecular weight excluding hydrogens is 320 g/mol. The number of carboxylic acid groups (broad SMARTS) is 1. The van der Waals surface area contributed by atoms with Crippen LogP contribution >= 0.6 is 0 Å². The van der Waals surface area contributed by atoms with Crippen molar-refractivity contribution in [1.29, 1.82) is 0 Å². The van der Waals surface area contributed by atoms with Gasteiger partial charge in [-0.15, -0.1) is 0 Å². The van der Waals surface area contributed by atoms with E-state index in [4.69, 9.17) is 9.84 Å². The minimum absolute atomic E-state index is 0.126. The highest BCUT2D eigenvalue weighted by Gasteiger charge is 2.38. The van der Waals surface area contributed by atoms with Crippen LogP contribution in [0.5, 0.6) is 5.75 Å². The minimum Gasteiger partial charge on any atom is -0.497 e. The fraction of sp³-hybridized carbons (Fsp3) is 0.263. The summed E-state index contributed by atoms with van der Waals surface area (Å²) in [6, 6.07) is 15.0. The number of methoxy groups -OCH3 is 1. The average molecular weight is 340 g/mol. The van der Waals surface area contributed by atoms with Gasteiger partial charge in [0.15, 0.2) is 0 Å². The highest BCUT2D eigenvalue weighted by Crippen LogP contribution is 2.34. The van der Waals surface area contributed by atoms with Crippen molar-refractivity contribution in [3.05, 3.63) is 48.5 Å². The molecule has 1 aliphatic carbocycles. The number of hydrogen-bond donors (Lipinski definition) is 3. The highest BCUT2D eigenvalue weighted by molar-refractivity contribution is 5.94. The third-order valence-corrected chi connectivity index (χ3v) is 4.37. The SMILES string of the molecule is COc1ccc(Nc2cccc(NC(=O)C3CC(C(=O)O)C3)c2)cc1. The van der Waals surface area contributed by atoms with Gasteiger partial charge >= 0.3 is 5.97 Å². The van der Waals surface area contributed by atoms with Crippen LogP contribution in [0.25, 0.3) is 0 Å². The Morgan fingerprint density at radius 2 is 1.68 bits per heavy atom. The van der Waals surface area contributed by atoms with Gasteiger partial charge in [0, 0.05) is 23.0 Å². The largest absolute Gasteiger partial charge is 0.497 e. The molecule has 0 aliphatic heterocycles. The lowest BCUT2D eigenvalue weighted by Gasteiger charge is -2.30. The van der Waals surface area contributed by atoms with Crippen LogP contribution in [0.15, 0.2) is 48.5 Å². The molecule has 6 nitrogen and oxygen atoms in total. The third kappa shape index (κ3) is 4.09. The van der Waals surface area contributed by atoms with E-state index in [2.05, 4.69) is 10.6 Å². The van der Waals surface area contributed by atoms with Gasteiger partial charge in [-0.1, -0.05) is 6.07 Å². The number of rotatable bonds is 6. The minimum atomic E-state index is -0.824. The molecule has 1 saturated carbocycles. The van der Waals surface area contributed by atoms with E-state index in [1.807, 2.05) is 48.5 Å². The van der Waals surface area contributed by atoms with Gasteiger partial charge < -0.3 is 20.5 Å². The second kappa shape index (κ2) is 7.25. The molecule has 0 saturated heterocycles. The number of carbonyl (C=O) groups is 2. The van der Waals surface area contributed by atoms with Gasteiger partial charge in [-0.2, -0.15) is 0 Å². The van der Waals surface area contributed by atoms with Crippen LogP contribution in [0.3, 0.4) is 0 Å². The van der Waals surface area contributed by atoms with Gasteiger partial charge in [0.05, 0.1) is 13.0 Å². The van der Waals surface area contributed by atoms with E-state index in [-0.39, 0.29) is 17.7 Å². The van der Waals surface area contributed by atoms with Crippen LogP contribution in [-0.2, 0) is 9.59 Å². The van der Waals surface area contributed by atoms with Gasteiger partial charge in [0.2, 0.25) is 5.91 Å². The second-order valence-corrected chi connectivity index (χ2v) is 6.13. The summed E-state index contributed by atoms with van der Waals surface area (Å²) in [6.45, 7) is 0. The Bertz CT molecular complexity index is 767. The first-order chi connectivity index (χ1) is 12.0. The number of carboxylic acids is 1. The highest BCUT2D eigenvalue weighted by atomic mass is 16.5. The smallest absolute Gasteiger partial charge is 0.306 e. The average Bonchev–Trinajstić information content (AvgIpc) is 2.54. The Kier molecular flexibility index (Phi) is 4.88. The van der Waals surface area contributed by atoms with E-state index in [0.717, 1.165) is 17.1 Å². The molecule has 0 unspecified atom stereocenters. The Morgan fingerprint density at radius 1 is 1.00 bits per heavy atom. The predicted molar refractivity (Wildman–Crippen MR) is 95.2 cm³/mol. The molecule has 2 aromatic rings. The molecule has 1 fully saturated rings. The van der Waals surface area contributed by atoms with Crippen molar-refractivity contribution in [3.63, 3.8) is 0 Å². The van der Waals surface area contributed by atoms with E-state index in [1.54, 1.807) is 7.11 Å². The zero-order valence-corrected chi connectivity index (χ0v) is 13.9. The van der Waals surface area contributed by atoms with Crippen molar-refractivity contribution < 1.29 is 19.4 Å². The zero-order valence-electron chi connectivity index (χ0n) is 13.9. The first-order valence-corrected chi connectivity index (χ1v) is 8.10. The number of amides is 1. The molecule has 0 atom stereocenters.